The molecule has 5 aromatic rings. The number of nitrogens with one attached hydrogen (secondary N) is 1. The molecule has 3 heterocycles. The second-order valence-electron chi connectivity index (χ2n) is 11.0. The van der Waals surface area contributed by atoms with Crippen LogP contribution in [0.5, 0.6) is 0 Å². The van der Waals surface area contributed by atoms with Crippen LogP contribution < -0.4 is 10.9 Å². The molecule has 1 N–H and O–H groups in total. The summed E-state index contributed by atoms with van der Waals surface area (Å²) in [6.07, 6.45) is 1.80. The number of benzene rings is 2. The first-order chi connectivity index (χ1) is 18.4. The first kappa shape index (κ1) is 26.2. The molecule has 1 atom stereocenters. The summed E-state index contributed by atoms with van der Waals surface area (Å²) in [5.41, 5.74) is 6.03. The van der Waals surface area contributed by atoms with Crippen LogP contribution in [-0.4, -0.2) is 30.7 Å². The van der Waals surface area contributed by atoms with E-state index in [0.717, 1.165) is 33.3 Å². The topological polar surface area (TPSA) is 90.5 Å². The van der Waals surface area contributed by atoms with E-state index >= 15 is 0 Å². The van der Waals surface area contributed by atoms with Gasteiger partial charge in [0, 0.05) is 41.5 Å². The van der Waals surface area contributed by atoms with Crippen LogP contribution in [0.2, 0.25) is 0 Å². The highest BCUT2D eigenvalue weighted by molar-refractivity contribution is 5.96. The molecule has 3 aromatic heterocycles. The minimum atomic E-state index is -0.610. The Hall–Kier alpha value is -4.46. The second kappa shape index (κ2) is 9.69. The van der Waals surface area contributed by atoms with Crippen molar-refractivity contribution in [1.29, 1.82) is 0 Å². The first-order valence-corrected chi connectivity index (χ1v) is 13.0. The Morgan fingerprint density at radius 1 is 1.05 bits per heavy atom. The summed E-state index contributed by atoms with van der Waals surface area (Å²) < 4.78 is 9.05. The van der Waals surface area contributed by atoms with Crippen LogP contribution >= 0.6 is 0 Å². The Bertz CT molecular complexity index is 1790. The molecule has 200 valence electrons. The molecule has 0 aliphatic carbocycles. The molecule has 0 bridgehead atoms. The van der Waals surface area contributed by atoms with Gasteiger partial charge in [0.05, 0.1) is 28.5 Å². The van der Waals surface area contributed by atoms with Gasteiger partial charge in [-0.05, 0) is 77.4 Å². The predicted octanol–water partition coefficient (Wildman–Crippen LogP) is 5.99. The smallest absolute Gasteiger partial charge is 0.340 e. The molecular formula is C31H33N5O3. The zero-order chi connectivity index (χ0) is 28.1. The minimum absolute atomic E-state index is 0.163. The van der Waals surface area contributed by atoms with Crippen molar-refractivity contribution in [3.63, 3.8) is 0 Å². The van der Waals surface area contributed by atoms with Gasteiger partial charge in [0.1, 0.15) is 11.2 Å². The molecule has 0 spiro atoms. The van der Waals surface area contributed by atoms with Crippen LogP contribution in [-0.2, 0) is 11.8 Å². The summed E-state index contributed by atoms with van der Waals surface area (Å²) in [6.45, 7) is 11.4. The Morgan fingerprint density at radius 2 is 1.79 bits per heavy atom. The highest BCUT2D eigenvalue weighted by Crippen LogP contribution is 2.29. The maximum Gasteiger partial charge on any atom is 0.340 e. The molecule has 8 heteroatoms. The second-order valence-corrected chi connectivity index (χ2v) is 11.0. The lowest BCUT2D eigenvalue weighted by Crippen LogP contribution is -2.25. The van der Waals surface area contributed by atoms with E-state index in [1.807, 2.05) is 95.7 Å². The van der Waals surface area contributed by atoms with Crippen molar-refractivity contribution >= 4 is 28.2 Å². The molecule has 0 fully saturated rings. The number of pyridine rings is 1. The number of para-hydroxylation sites is 1. The Kier molecular flexibility index (Phi) is 6.50. The Morgan fingerprint density at radius 3 is 2.54 bits per heavy atom. The van der Waals surface area contributed by atoms with E-state index in [0.29, 0.717) is 22.6 Å². The lowest BCUT2D eigenvalue weighted by Gasteiger charge is -2.23. The van der Waals surface area contributed by atoms with Gasteiger partial charge in [-0.15, -0.1) is 0 Å². The monoisotopic (exact) mass is 523 g/mol. The molecule has 0 aliphatic rings. The van der Waals surface area contributed by atoms with Crippen LogP contribution in [0.25, 0.3) is 27.8 Å². The third kappa shape index (κ3) is 5.14. The number of aromatic nitrogens is 4. The number of carbonyl (C=O) groups is 1. The molecule has 39 heavy (non-hydrogen) atoms. The largest absolute Gasteiger partial charge is 0.456 e. The summed E-state index contributed by atoms with van der Waals surface area (Å²) in [5, 5.41) is 8.99. The number of hydrogen-bond acceptors (Lipinski definition) is 6. The van der Waals surface area contributed by atoms with Crippen molar-refractivity contribution < 1.29 is 9.53 Å². The molecule has 0 radical (unpaired) electrons. The van der Waals surface area contributed by atoms with Crippen molar-refractivity contribution in [3.8, 4) is 11.3 Å². The van der Waals surface area contributed by atoms with E-state index in [1.54, 1.807) is 22.7 Å². The van der Waals surface area contributed by atoms with Gasteiger partial charge in [0.15, 0.2) is 0 Å². The van der Waals surface area contributed by atoms with Gasteiger partial charge in [-0.25, -0.2) is 9.78 Å². The Labute approximate surface area is 227 Å². The molecule has 0 saturated heterocycles. The summed E-state index contributed by atoms with van der Waals surface area (Å²) in [4.78, 5) is 31.2. The van der Waals surface area contributed by atoms with Gasteiger partial charge in [-0.1, -0.05) is 18.2 Å². The summed E-state index contributed by atoms with van der Waals surface area (Å²) in [6, 6.07) is 16.6. The van der Waals surface area contributed by atoms with Crippen LogP contribution in [0.3, 0.4) is 0 Å². The number of nitrogens with zero attached hydrogens (tertiary/aromatic N) is 4. The Balaban J connectivity index is 1.58. The van der Waals surface area contributed by atoms with Crippen LogP contribution in [0.4, 0.5) is 5.69 Å². The number of hydrogen-bond donors (Lipinski definition) is 1. The predicted molar refractivity (Wildman–Crippen MR) is 154 cm³/mol. The quantitative estimate of drug-likeness (QED) is 0.285. The van der Waals surface area contributed by atoms with E-state index in [1.165, 1.54) is 0 Å². The number of carbonyl (C=O) groups excluding carboxylic acids is 1. The molecular weight excluding hydrogens is 490 g/mol. The number of ether oxygens (including phenoxy) is 1. The van der Waals surface area contributed by atoms with Crippen molar-refractivity contribution in [2.75, 3.05) is 5.32 Å². The fourth-order valence-electron chi connectivity index (χ4n) is 4.87. The van der Waals surface area contributed by atoms with Gasteiger partial charge in [-0.3, -0.25) is 13.9 Å². The molecule has 5 rings (SSSR count). The third-order valence-corrected chi connectivity index (χ3v) is 6.64. The summed E-state index contributed by atoms with van der Waals surface area (Å²) in [7, 11) is 1.92. The average molecular weight is 524 g/mol. The molecule has 8 nitrogen and oxygen atoms in total. The third-order valence-electron chi connectivity index (χ3n) is 6.64. The summed E-state index contributed by atoms with van der Waals surface area (Å²) >= 11 is 0. The maximum atomic E-state index is 13.3. The fourth-order valence-corrected chi connectivity index (χ4v) is 4.87. The highest BCUT2D eigenvalue weighted by atomic mass is 16.6. The maximum absolute atomic E-state index is 13.3. The van der Waals surface area contributed by atoms with Crippen LogP contribution in [0.1, 0.15) is 60.9 Å². The average Bonchev–Trinajstić information content (AvgIpc) is 3.15. The number of fused-ring (bicyclic) bond motifs is 2. The SMILES string of the molecule is Cc1cc([C@@H](C)Nc2ccccc2C(=O)OC(C)(C)C)c2nc(-c3ccc4c(c3)c(C)nn4C)cc(=O)n2c1. The zero-order valence-electron chi connectivity index (χ0n) is 23.4. The fraction of sp³-hybridized carbons (Fsp3) is 0.290. The first-order valence-electron chi connectivity index (χ1n) is 13.0. The van der Waals surface area contributed by atoms with Gasteiger partial charge >= 0.3 is 5.97 Å². The number of rotatable bonds is 5. The van der Waals surface area contributed by atoms with Crippen molar-refractivity contribution in [2.24, 2.45) is 7.05 Å². The van der Waals surface area contributed by atoms with Gasteiger partial charge in [-0.2, -0.15) is 5.10 Å². The standard InChI is InChI=1S/C31H33N5O3/c1-18-14-24(19(2)32-25-11-9-8-10-22(25)30(38)39-31(4,5)6)29-33-26(16-28(37)36(29)17-18)21-12-13-27-23(15-21)20(3)34-35(27)7/h8-17,19,32H,1-7H3/t19-/m1/s1. The molecule has 0 unspecified atom stereocenters. The van der Waals surface area contributed by atoms with Crippen molar-refractivity contribution in [1.82, 2.24) is 19.2 Å². The van der Waals surface area contributed by atoms with Gasteiger partial charge in [0.2, 0.25) is 0 Å². The minimum Gasteiger partial charge on any atom is -0.456 e. The van der Waals surface area contributed by atoms with E-state index in [-0.39, 0.29) is 11.6 Å². The number of esters is 1. The molecule has 2 aromatic carbocycles. The molecule has 0 aliphatic heterocycles. The van der Waals surface area contributed by atoms with Crippen molar-refractivity contribution in [2.45, 2.75) is 53.2 Å². The van der Waals surface area contributed by atoms with E-state index < -0.39 is 11.6 Å². The van der Waals surface area contributed by atoms with Crippen LogP contribution in [0.15, 0.2) is 65.6 Å². The normalized spacial score (nSPS) is 12.6. The van der Waals surface area contributed by atoms with Crippen molar-refractivity contribution in [3.05, 3.63) is 93.5 Å². The van der Waals surface area contributed by atoms with E-state index in [4.69, 9.17) is 9.72 Å². The van der Waals surface area contributed by atoms with Crippen LogP contribution in [0, 0.1) is 13.8 Å². The van der Waals surface area contributed by atoms with Gasteiger partial charge < -0.3 is 10.1 Å². The zero-order valence-corrected chi connectivity index (χ0v) is 23.4. The lowest BCUT2D eigenvalue weighted by atomic mass is 10.0. The molecule has 0 amide bonds. The lowest BCUT2D eigenvalue weighted by molar-refractivity contribution is 0.00706. The highest BCUT2D eigenvalue weighted by Gasteiger charge is 2.22. The van der Waals surface area contributed by atoms with E-state index in [9.17, 15) is 9.59 Å². The number of anilines is 1. The molecule has 0 saturated carbocycles. The summed E-state index contributed by atoms with van der Waals surface area (Å²) in [5.74, 6) is -0.399. The van der Waals surface area contributed by atoms with Gasteiger partial charge in [0.25, 0.3) is 5.56 Å². The van der Waals surface area contributed by atoms with E-state index in [2.05, 4.69) is 10.4 Å². The number of aryl methyl sites for hydroxylation is 3.